The van der Waals surface area contributed by atoms with E-state index in [1.165, 1.54) is 6.07 Å². The quantitative estimate of drug-likeness (QED) is 0.841. The van der Waals surface area contributed by atoms with Crippen molar-refractivity contribution in [2.75, 3.05) is 5.32 Å². The van der Waals surface area contributed by atoms with Crippen molar-refractivity contribution in [3.05, 3.63) is 58.3 Å². The highest BCUT2D eigenvalue weighted by atomic mass is 79.9. The van der Waals surface area contributed by atoms with Gasteiger partial charge in [0.15, 0.2) is 0 Å². The molecule has 2 nitrogen and oxygen atoms in total. The van der Waals surface area contributed by atoms with Crippen molar-refractivity contribution < 1.29 is 9.13 Å². The number of anilines is 1. The van der Waals surface area contributed by atoms with Crippen LogP contribution in [-0.2, 0) is 0 Å². The number of benzene rings is 2. The van der Waals surface area contributed by atoms with E-state index in [1.54, 1.807) is 12.1 Å². The third-order valence-electron chi connectivity index (χ3n) is 3.53. The number of fused-ring (bicyclic) bond motifs is 1. The fourth-order valence-electron chi connectivity index (χ4n) is 2.54. The van der Waals surface area contributed by atoms with E-state index in [9.17, 15) is 4.39 Å². The number of hydrogen-bond donors (Lipinski definition) is 1. The Morgan fingerprint density at radius 1 is 1.20 bits per heavy atom. The Balaban J connectivity index is 1.99. The highest BCUT2D eigenvalue weighted by Crippen LogP contribution is 2.44. The lowest BCUT2D eigenvalue weighted by atomic mass is 9.94. The number of para-hydroxylation sites is 1. The molecular formula is C16H15BrFNO. The van der Waals surface area contributed by atoms with Crippen LogP contribution in [0.5, 0.6) is 5.75 Å². The minimum absolute atomic E-state index is 0.0949. The zero-order valence-electron chi connectivity index (χ0n) is 11.3. The Kier molecular flexibility index (Phi) is 3.21. The second-order valence-corrected chi connectivity index (χ2v) is 6.36. The van der Waals surface area contributed by atoms with Crippen molar-refractivity contribution in [2.24, 2.45) is 0 Å². The molecule has 3 rings (SSSR count). The summed E-state index contributed by atoms with van der Waals surface area (Å²) < 4.78 is 20.7. The summed E-state index contributed by atoms with van der Waals surface area (Å²) in [5.74, 6) is 0.582. The Morgan fingerprint density at radius 3 is 2.75 bits per heavy atom. The molecule has 0 saturated heterocycles. The van der Waals surface area contributed by atoms with Gasteiger partial charge in [-0.1, -0.05) is 34.1 Å². The van der Waals surface area contributed by atoms with E-state index < -0.39 is 5.60 Å². The largest absolute Gasteiger partial charge is 0.485 e. The van der Waals surface area contributed by atoms with Crippen molar-refractivity contribution in [1.29, 1.82) is 0 Å². The standard InChI is InChI=1S/C16H15BrFNO/c1-16(2)15(11-5-3-4-6-14(11)20-16)19-13-9-10(17)7-8-12(13)18/h3-9,15,19H,1-2H3. The molecule has 2 aromatic rings. The zero-order valence-corrected chi connectivity index (χ0v) is 12.9. The number of halogens is 2. The summed E-state index contributed by atoms with van der Waals surface area (Å²) in [6.07, 6.45) is 0. The van der Waals surface area contributed by atoms with E-state index in [0.29, 0.717) is 5.69 Å². The van der Waals surface area contributed by atoms with E-state index in [0.717, 1.165) is 15.8 Å². The molecule has 1 unspecified atom stereocenters. The van der Waals surface area contributed by atoms with E-state index in [-0.39, 0.29) is 11.9 Å². The fraction of sp³-hybridized carbons (Fsp3) is 0.250. The van der Waals surface area contributed by atoms with Gasteiger partial charge in [0.2, 0.25) is 0 Å². The lowest BCUT2D eigenvalue weighted by molar-refractivity contribution is 0.118. The minimum Gasteiger partial charge on any atom is -0.485 e. The van der Waals surface area contributed by atoms with Crippen molar-refractivity contribution in [1.82, 2.24) is 0 Å². The number of ether oxygens (including phenoxy) is 1. The van der Waals surface area contributed by atoms with Crippen LogP contribution < -0.4 is 10.1 Å². The van der Waals surface area contributed by atoms with Gasteiger partial charge in [0.1, 0.15) is 17.2 Å². The highest BCUT2D eigenvalue weighted by molar-refractivity contribution is 9.10. The monoisotopic (exact) mass is 335 g/mol. The molecular weight excluding hydrogens is 321 g/mol. The van der Waals surface area contributed by atoms with Crippen LogP contribution in [0.1, 0.15) is 25.5 Å². The predicted octanol–water partition coefficient (Wildman–Crippen LogP) is 4.91. The number of hydrogen-bond acceptors (Lipinski definition) is 2. The summed E-state index contributed by atoms with van der Waals surface area (Å²) in [6, 6.07) is 12.6. The van der Waals surface area contributed by atoms with Gasteiger partial charge in [-0.3, -0.25) is 0 Å². The first-order valence-corrected chi connectivity index (χ1v) is 7.26. The molecule has 104 valence electrons. The summed E-state index contributed by atoms with van der Waals surface area (Å²) in [6.45, 7) is 4.00. The van der Waals surface area contributed by atoms with Gasteiger partial charge in [0.05, 0.1) is 11.7 Å². The van der Waals surface area contributed by atoms with Crippen molar-refractivity contribution in [3.8, 4) is 5.75 Å². The van der Waals surface area contributed by atoms with Gasteiger partial charge < -0.3 is 10.1 Å². The molecule has 1 N–H and O–H groups in total. The topological polar surface area (TPSA) is 21.3 Å². The first-order valence-electron chi connectivity index (χ1n) is 6.47. The molecule has 0 aliphatic carbocycles. The van der Waals surface area contributed by atoms with Gasteiger partial charge in [0.25, 0.3) is 0 Å². The Labute approximate surface area is 126 Å². The van der Waals surface area contributed by atoms with Crippen LogP contribution in [0.4, 0.5) is 10.1 Å². The van der Waals surface area contributed by atoms with Crippen LogP contribution in [0, 0.1) is 5.82 Å². The Morgan fingerprint density at radius 2 is 1.95 bits per heavy atom. The van der Waals surface area contributed by atoms with Gasteiger partial charge >= 0.3 is 0 Å². The molecule has 0 saturated carbocycles. The maximum Gasteiger partial charge on any atom is 0.146 e. The van der Waals surface area contributed by atoms with E-state index in [1.807, 2.05) is 38.1 Å². The van der Waals surface area contributed by atoms with Crippen LogP contribution in [-0.4, -0.2) is 5.60 Å². The lowest BCUT2D eigenvalue weighted by Gasteiger charge is -2.28. The SMILES string of the molecule is CC1(C)Oc2ccccc2C1Nc1cc(Br)ccc1F. The second kappa shape index (κ2) is 4.77. The van der Waals surface area contributed by atoms with Crippen molar-refractivity contribution in [3.63, 3.8) is 0 Å². The normalized spacial score (nSPS) is 19.3. The molecule has 4 heteroatoms. The van der Waals surface area contributed by atoms with Gasteiger partial charge in [-0.25, -0.2) is 4.39 Å². The molecule has 1 atom stereocenters. The molecule has 0 amide bonds. The molecule has 1 aliphatic heterocycles. The molecule has 0 spiro atoms. The lowest BCUT2D eigenvalue weighted by Crippen LogP contribution is -2.35. The Hall–Kier alpha value is -1.55. The summed E-state index contributed by atoms with van der Waals surface area (Å²) in [5, 5.41) is 3.27. The minimum atomic E-state index is -0.432. The average molecular weight is 336 g/mol. The summed E-state index contributed by atoms with van der Waals surface area (Å²) >= 11 is 3.37. The van der Waals surface area contributed by atoms with Crippen LogP contribution in [0.25, 0.3) is 0 Å². The highest BCUT2D eigenvalue weighted by Gasteiger charge is 2.41. The maximum absolute atomic E-state index is 13.9. The van der Waals surface area contributed by atoms with Gasteiger partial charge in [0, 0.05) is 10.0 Å². The van der Waals surface area contributed by atoms with Crippen molar-refractivity contribution in [2.45, 2.75) is 25.5 Å². The van der Waals surface area contributed by atoms with Crippen LogP contribution in [0.15, 0.2) is 46.9 Å². The fourth-order valence-corrected chi connectivity index (χ4v) is 2.91. The maximum atomic E-state index is 13.9. The summed E-state index contributed by atoms with van der Waals surface area (Å²) in [7, 11) is 0. The molecule has 1 heterocycles. The van der Waals surface area contributed by atoms with Gasteiger partial charge in [-0.2, -0.15) is 0 Å². The predicted molar refractivity (Wildman–Crippen MR) is 81.6 cm³/mol. The molecule has 1 aliphatic rings. The summed E-state index contributed by atoms with van der Waals surface area (Å²) in [4.78, 5) is 0. The van der Waals surface area contributed by atoms with Crippen LogP contribution >= 0.6 is 15.9 Å². The molecule has 20 heavy (non-hydrogen) atoms. The third kappa shape index (κ3) is 2.29. The first-order chi connectivity index (χ1) is 9.47. The molecule has 2 aromatic carbocycles. The second-order valence-electron chi connectivity index (χ2n) is 5.44. The van der Waals surface area contributed by atoms with E-state index >= 15 is 0 Å². The van der Waals surface area contributed by atoms with Gasteiger partial charge in [-0.15, -0.1) is 0 Å². The van der Waals surface area contributed by atoms with Gasteiger partial charge in [-0.05, 0) is 38.1 Å². The molecule has 0 bridgehead atoms. The summed E-state index contributed by atoms with van der Waals surface area (Å²) in [5.41, 5.74) is 1.09. The van der Waals surface area contributed by atoms with Crippen LogP contribution in [0.3, 0.4) is 0 Å². The molecule has 0 aromatic heterocycles. The number of rotatable bonds is 2. The first kappa shape index (κ1) is 13.4. The number of nitrogens with one attached hydrogen (secondary N) is 1. The Bertz CT molecular complexity index is 657. The average Bonchev–Trinajstić information content (AvgIpc) is 2.65. The molecule has 0 radical (unpaired) electrons. The smallest absolute Gasteiger partial charge is 0.146 e. The third-order valence-corrected chi connectivity index (χ3v) is 4.02. The van der Waals surface area contributed by atoms with Crippen LogP contribution in [0.2, 0.25) is 0 Å². The van der Waals surface area contributed by atoms with E-state index in [2.05, 4.69) is 21.2 Å². The van der Waals surface area contributed by atoms with E-state index in [4.69, 9.17) is 4.74 Å². The molecule has 0 fully saturated rings. The van der Waals surface area contributed by atoms with Crippen molar-refractivity contribution >= 4 is 21.6 Å². The zero-order chi connectivity index (χ0) is 14.3.